The molecule has 174 valence electrons. The lowest BCUT2D eigenvalue weighted by Gasteiger charge is -2.34. The van der Waals surface area contributed by atoms with Crippen LogP contribution in [-0.2, 0) is 25.0 Å². The normalized spacial score (nSPS) is 15.3. The topological polar surface area (TPSA) is 96.0 Å². The number of carbonyl (C=O) groups is 2. The van der Waals surface area contributed by atoms with E-state index < -0.39 is 10.0 Å². The number of benzene rings is 1. The van der Waals surface area contributed by atoms with E-state index in [1.54, 1.807) is 21.9 Å². The minimum atomic E-state index is -3.67. The van der Waals surface area contributed by atoms with E-state index in [2.05, 4.69) is 25.5 Å². The summed E-state index contributed by atoms with van der Waals surface area (Å²) in [6, 6.07) is 6.79. The number of nitrogens with zero attached hydrogens (tertiary/aromatic N) is 2. The van der Waals surface area contributed by atoms with E-state index in [0.717, 1.165) is 5.56 Å². The molecule has 0 aromatic heterocycles. The fourth-order valence-electron chi connectivity index (χ4n) is 3.14. The van der Waals surface area contributed by atoms with Crippen LogP contribution in [-0.4, -0.2) is 69.5 Å². The largest absolute Gasteiger partial charge is 0.449 e. The molecule has 1 N–H and O–H groups in total. The van der Waals surface area contributed by atoms with Gasteiger partial charge in [-0.15, -0.1) is 0 Å². The molecular weight excluding hydrogens is 418 g/mol. The standard InChI is InChI=1S/C22H35N3O5S/c1-17(2)16-30-21(27)25-14-12-24(13-15-25)20(26)10-11-23-31(28,29)19-8-6-18(7-9-19)22(3,4)5/h6-9,17,23H,10-16H2,1-5H3. The summed E-state index contributed by atoms with van der Waals surface area (Å²) in [5.74, 6) is 0.132. The highest BCUT2D eigenvalue weighted by atomic mass is 32.2. The van der Waals surface area contributed by atoms with Gasteiger partial charge in [0.1, 0.15) is 0 Å². The van der Waals surface area contributed by atoms with E-state index in [4.69, 9.17) is 4.74 Å². The smallest absolute Gasteiger partial charge is 0.409 e. The van der Waals surface area contributed by atoms with Crippen LogP contribution < -0.4 is 4.72 Å². The summed E-state index contributed by atoms with van der Waals surface area (Å²) in [6.07, 6.45) is -0.289. The second-order valence-corrected chi connectivity index (χ2v) is 11.0. The third kappa shape index (κ3) is 7.50. The van der Waals surface area contributed by atoms with E-state index in [9.17, 15) is 18.0 Å². The monoisotopic (exact) mass is 453 g/mol. The molecule has 0 atom stereocenters. The van der Waals surface area contributed by atoms with Crippen molar-refractivity contribution in [1.29, 1.82) is 0 Å². The minimum Gasteiger partial charge on any atom is -0.449 e. The van der Waals surface area contributed by atoms with Crippen LogP contribution in [0.5, 0.6) is 0 Å². The first kappa shape index (κ1) is 25.1. The average Bonchev–Trinajstić information content (AvgIpc) is 2.71. The van der Waals surface area contributed by atoms with Gasteiger partial charge in [0.05, 0.1) is 11.5 Å². The van der Waals surface area contributed by atoms with Crippen molar-refractivity contribution in [3.8, 4) is 0 Å². The molecule has 1 heterocycles. The summed E-state index contributed by atoms with van der Waals surface area (Å²) in [5, 5.41) is 0. The van der Waals surface area contributed by atoms with Crippen LogP contribution in [0.2, 0.25) is 0 Å². The van der Waals surface area contributed by atoms with E-state index >= 15 is 0 Å². The molecular formula is C22H35N3O5S. The van der Waals surface area contributed by atoms with Crippen LogP contribution in [0.1, 0.15) is 46.6 Å². The molecule has 31 heavy (non-hydrogen) atoms. The van der Waals surface area contributed by atoms with Crippen LogP contribution in [0.25, 0.3) is 0 Å². The van der Waals surface area contributed by atoms with Crippen molar-refractivity contribution >= 4 is 22.0 Å². The molecule has 0 unspecified atom stereocenters. The van der Waals surface area contributed by atoms with Crippen LogP contribution in [0.3, 0.4) is 0 Å². The van der Waals surface area contributed by atoms with Crippen molar-refractivity contribution in [2.24, 2.45) is 5.92 Å². The number of piperazine rings is 1. The Morgan fingerprint density at radius 2 is 1.58 bits per heavy atom. The lowest BCUT2D eigenvalue weighted by Crippen LogP contribution is -2.51. The predicted molar refractivity (Wildman–Crippen MR) is 119 cm³/mol. The number of carbonyl (C=O) groups excluding carboxylic acids is 2. The van der Waals surface area contributed by atoms with Crippen LogP contribution in [0.4, 0.5) is 4.79 Å². The van der Waals surface area contributed by atoms with Gasteiger partial charge in [-0.2, -0.15) is 0 Å². The number of sulfonamides is 1. The maximum Gasteiger partial charge on any atom is 0.409 e. The van der Waals surface area contributed by atoms with Crippen LogP contribution >= 0.6 is 0 Å². The summed E-state index contributed by atoms with van der Waals surface area (Å²) < 4.78 is 32.7. The van der Waals surface area contributed by atoms with Gasteiger partial charge >= 0.3 is 6.09 Å². The molecule has 9 heteroatoms. The maximum absolute atomic E-state index is 12.5. The van der Waals surface area contributed by atoms with Gasteiger partial charge in [0.15, 0.2) is 0 Å². The lowest BCUT2D eigenvalue weighted by molar-refractivity contribution is -0.132. The molecule has 0 radical (unpaired) electrons. The first-order valence-corrected chi connectivity index (χ1v) is 12.2. The van der Waals surface area contributed by atoms with Gasteiger partial charge in [0.25, 0.3) is 0 Å². The van der Waals surface area contributed by atoms with Crippen molar-refractivity contribution in [2.75, 3.05) is 39.3 Å². The molecule has 2 amide bonds. The fraction of sp³-hybridized carbons (Fsp3) is 0.636. The van der Waals surface area contributed by atoms with Gasteiger partial charge in [-0.3, -0.25) is 4.79 Å². The van der Waals surface area contributed by atoms with Gasteiger partial charge in [-0.1, -0.05) is 46.8 Å². The van der Waals surface area contributed by atoms with Crippen LogP contribution in [0.15, 0.2) is 29.2 Å². The maximum atomic E-state index is 12.5. The van der Waals surface area contributed by atoms with E-state index in [0.29, 0.717) is 32.8 Å². The lowest BCUT2D eigenvalue weighted by atomic mass is 9.87. The predicted octanol–water partition coefficient (Wildman–Crippen LogP) is 2.59. The molecule has 1 aliphatic heterocycles. The van der Waals surface area contributed by atoms with Gasteiger partial charge in [-0.05, 0) is 29.0 Å². The Labute approximate surface area is 186 Å². The molecule has 1 aromatic rings. The Morgan fingerprint density at radius 1 is 1.03 bits per heavy atom. The molecule has 8 nitrogen and oxygen atoms in total. The van der Waals surface area contributed by atoms with Crippen molar-refractivity contribution in [2.45, 2.75) is 51.3 Å². The van der Waals surface area contributed by atoms with Crippen molar-refractivity contribution < 1.29 is 22.7 Å². The number of rotatable bonds is 7. The molecule has 1 aromatic carbocycles. The molecule has 0 bridgehead atoms. The third-order valence-corrected chi connectivity index (χ3v) is 6.57. The Balaban J connectivity index is 1.78. The Kier molecular flexibility index (Phi) is 8.48. The van der Waals surface area contributed by atoms with Gasteiger partial charge < -0.3 is 14.5 Å². The van der Waals surface area contributed by atoms with E-state index in [1.165, 1.54) is 0 Å². The number of nitrogens with one attached hydrogen (secondary N) is 1. The highest BCUT2D eigenvalue weighted by molar-refractivity contribution is 7.89. The minimum absolute atomic E-state index is 0.0266. The molecule has 1 saturated heterocycles. The first-order valence-electron chi connectivity index (χ1n) is 10.7. The number of ether oxygens (including phenoxy) is 1. The number of amides is 2. The van der Waals surface area contributed by atoms with Gasteiger partial charge in [0.2, 0.25) is 15.9 Å². The molecule has 0 saturated carbocycles. The van der Waals surface area contributed by atoms with E-state index in [-0.39, 0.29) is 41.2 Å². The Morgan fingerprint density at radius 3 is 2.10 bits per heavy atom. The first-order chi connectivity index (χ1) is 14.4. The van der Waals surface area contributed by atoms with Crippen molar-refractivity contribution in [3.05, 3.63) is 29.8 Å². The van der Waals surface area contributed by atoms with Gasteiger partial charge in [0, 0.05) is 39.1 Å². The Bertz CT molecular complexity index is 852. The van der Waals surface area contributed by atoms with Crippen molar-refractivity contribution in [1.82, 2.24) is 14.5 Å². The zero-order valence-electron chi connectivity index (χ0n) is 19.2. The summed E-state index contributed by atoms with van der Waals surface area (Å²) >= 11 is 0. The SMILES string of the molecule is CC(C)COC(=O)N1CCN(C(=O)CCNS(=O)(=O)c2ccc(C(C)(C)C)cc2)CC1. The highest BCUT2D eigenvalue weighted by Crippen LogP contribution is 2.23. The summed E-state index contributed by atoms with van der Waals surface area (Å²) in [7, 11) is -3.67. The van der Waals surface area contributed by atoms with Crippen LogP contribution in [0, 0.1) is 5.92 Å². The highest BCUT2D eigenvalue weighted by Gasteiger charge is 2.25. The molecule has 1 aliphatic rings. The summed E-state index contributed by atoms with van der Waals surface area (Å²) in [6.45, 7) is 12.2. The summed E-state index contributed by atoms with van der Waals surface area (Å²) in [4.78, 5) is 27.8. The fourth-order valence-corrected chi connectivity index (χ4v) is 4.17. The summed E-state index contributed by atoms with van der Waals surface area (Å²) in [5.41, 5.74) is 0.992. The second-order valence-electron chi connectivity index (χ2n) is 9.26. The molecule has 2 rings (SSSR count). The Hall–Kier alpha value is -2.13. The number of hydrogen-bond donors (Lipinski definition) is 1. The quantitative estimate of drug-likeness (QED) is 0.685. The van der Waals surface area contributed by atoms with Gasteiger partial charge in [-0.25, -0.2) is 17.9 Å². The molecule has 0 aliphatic carbocycles. The second kappa shape index (κ2) is 10.5. The zero-order valence-corrected chi connectivity index (χ0v) is 20.0. The number of hydrogen-bond acceptors (Lipinski definition) is 5. The van der Waals surface area contributed by atoms with E-state index in [1.807, 2.05) is 26.0 Å². The third-order valence-electron chi connectivity index (χ3n) is 5.09. The average molecular weight is 454 g/mol. The van der Waals surface area contributed by atoms with Crippen molar-refractivity contribution in [3.63, 3.8) is 0 Å². The molecule has 1 fully saturated rings. The zero-order chi connectivity index (χ0) is 23.2. The molecule has 0 spiro atoms.